The summed E-state index contributed by atoms with van der Waals surface area (Å²) in [7, 11) is 1.05. The maximum Gasteiger partial charge on any atom is 0.326 e. The van der Waals surface area contributed by atoms with Gasteiger partial charge in [0.25, 0.3) is 0 Å². The number of nitrogens with zero attached hydrogens (tertiary/aromatic N) is 1. The maximum atomic E-state index is 14.0. The van der Waals surface area contributed by atoms with Crippen LogP contribution in [0.3, 0.4) is 0 Å². The van der Waals surface area contributed by atoms with E-state index >= 15 is 0 Å². The highest BCUT2D eigenvalue weighted by atomic mass is 16.5. The Morgan fingerprint density at radius 3 is 1.60 bits per heavy atom. The van der Waals surface area contributed by atoms with Gasteiger partial charge in [0.05, 0.1) is 50.1 Å². The number of ether oxygens (including phenoxy) is 1. The van der Waals surface area contributed by atoms with Crippen LogP contribution >= 0.6 is 0 Å². The molecule has 0 radical (unpaired) electrons. The molecule has 10 amide bonds. The molecule has 2 aliphatic rings. The van der Waals surface area contributed by atoms with E-state index < -0.39 is 180 Å². The fraction of sp³-hybridized carbons (Fsp3) is 0.492. The number of hydrogen-bond acceptors (Lipinski definition) is 16. The van der Waals surface area contributed by atoms with E-state index in [4.69, 9.17) is 10.5 Å². The Kier molecular flexibility index (Phi) is 26.2. The lowest BCUT2D eigenvalue weighted by molar-refractivity contribution is -0.144. The van der Waals surface area contributed by atoms with Crippen LogP contribution < -0.4 is 53.6 Å². The minimum atomic E-state index is -1.92. The van der Waals surface area contributed by atoms with E-state index in [2.05, 4.69) is 47.9 Å². The minimum Gasteiger partial charge on any atom is -0.481 e. The van der Waals surface area contributed by atoms with Gasteiger partial charge in [0.2, 0.25) is 59.1 Å². The Bertz CT molecular complexity index is 3030. The number of nitrogens with one attached hydrogen (secondary N) is 9. The number of carbonyl (C=O) groups is 13. The lowest BCUT2D eigenvalue weighted by atomic mass is 10.00. The molecular weight excluding hydrogens is 1160 g/mol. The Morgan fingerprint density at radius 1 is 0.562 bits per heavy atom. The van der Waals surface area contributed by atoms with E-state index in [1.54, 1.807) is 98.8 Å². The van der Waals surface area contributed by atoms with Gasteiger partial charge in [-0.25, -0.2) is 4.79 Å². The van der Waals surface area contributed by atoms with Crippen molar-refractivity contribution in [2.75, 3.05) is 20.2 Å². The first-order valence-electron chi connectivity index (χ1n) is 29.2. The molecule has 1 heterocycles. The second kappa shape index (κ2) is 33.2. The third-order valence-electron chi connectivity index (χ3n) is 15.1. The van der Waals surface area contributed by atoms with E-state index in [0.29, 0.717) is 17.5 Å². The molecule has 1 aliphatic carbocycles. The third kappa shape index (κ3) is 20.7. The molecule has 28 nitrogen and oxygen atoms in total. The summed E-state index contributed by atoms with van der Waals surface area (Å²) in [6, 6.07) is 12.3. The van der Waals surface area contributed by atoms with Crippen LogP contribution in [0.5, 0.6) is 0 Å². The van der Waals surface area contributed by atoms with Gasteiger partial charge in [-0.15, -0.1) is 0 Å². The number of rotatable bonds is 32. The molecule has 3 aromatic rings. The van der Waals surface area contributed by atoms with Gasteiger partial charge in [0.15, 0.2) is 0 Å². The number of esters is 1. The van der Waals surface area contributed by atoms with E-state index in [1.165, 1.54) is 25.7 Å². The predicted octanol–water partition coefficient (Wildman–Crippen LogP) is -2.28. The van der Waals surface area contributed by atoms with Crippen LogP contribution in [0.1, 0.15) is 77.5 Å². The molecular formula is C61H81N11O17. The van der Waals surface area contributed by atoms with Crippen LogP contribution in [0.15, 0.2) is 91.0 Å². The van der Waals surface area contributed by atoms with Crippen molar-refractivity contribution in [3.05, 3.63) is 108 Å². The summed E-state index contributed by atoms with van der Waals surface area (Å²) in [5.74, 6) is -16.5. The topological polar surface area (TPSA) is 429 Å². The molecule has 0 aromatic heterocycles. The number of aliphatic hydroxyl groups is 1. The summed E-state index contributed by atoms with van der Waals surface area (Å²) in [5.41, 5.74) is 8.21. The summed E-state index contributed by atoms with van der Waals surface area (Å²) < 4.78 is 4.89. The fourth-order valence-corrected chi connectivity index (χ4v) is 10.1. The number of aliphatic carboxylic acids is 2. The van der Waals surface area contributed by atoms with Crippen LogP contribution in [-0.4, -0.2) is 184 Å². The Balaban J connectivity index is 1.19. The molecule has 0 spiro atoms. The first-order chi connectivity index (χ1) is 42.1. The second-order valence-corrected chi connectivity index (χ2v) is 22.8. The smallest absolute Gasteiger partial charge is 0.326 e. The van der Waals surface area contributed by atoms with E-state index in [0.717, 1.165) is 19.6 Å². The number of nitrogens with two attached hydrogens (primary N) is 1. The number of amides is 10. The average molecular weight is 1240 g/mol. The third-order valence-corrected chi connectivity index (χ3v) is 15.1. The van der Waals surface area contributed by atoms with Crippen LogP contribution in [0.4, 0.5) is 0 Å². The second-order valence-electron chi connectivity index (χ2n) is 22.8. The SMILES string of the molecule is COC(=O)[C@H]1[C@H](NC(=O)CNC(=O)[C@@H](NC(=O)[C@H](CC(=O)O)NC(=O)[C@@H](NC(=O)[C@@H]2CCCN2C(=O)[C@@H](NC(=O)[C@@H](N)Cc2ccccc2)C(C)C)[C@@H](C)O)C(C)C)[C@@H]1C(=O)N[C@@H](Cc1ccccc1)C(=O)N[C@@H](C)C(=O)N[C@@H](Cc1ccccc1)C(=O)O. The number of likely N-dealkylation sites (tertiary alicyclic amines) is 1. The number of carboxylic acid groups (broad SMARTS) is 2. The van der Waals surface area contributed by atoms with Gasteiger partial charge in [-0.1, -0.05) is 119 Å². The Morgan fingerprint density at radius 2 is 1.08 bits per heavy atom. The van der Waals surface area contributed by atoms with Crippen LogP contribution in [0.25, 0.3) is 0 Å². The highest BCUT2D eigenvalue weighted by Gasteiger charge is 2.61. The van der Waals surface area contributed by atoms with Crippen LogP contribution in [-0.2, 0) is 86.3 Å². The van der Waals surface area contributed by atoms with Gasteiger partial charge in [0.1, 0.15) is 48.3 Å². The van der Waals surface area contributed by atoms with Crippen LogP contribution in [0, 0.1) is 23.7 Å². The summed E-state index contributed by atoms with van der Waals surface area (Å²) >= 11 is 0. The molecule has 1 aliphatic heterocycles. The molecule has 2 fully saturated rings. The number of carboxylic acids is 2. The van der Waals surface area contributed by atoms with Gasteiger partial charge >= 0.3 is 17.9 Å². The van der Waals surface area contributed by atoms with E-state index in [-0.39, 0.29) is 32.2 Å². The van der Waals surface area contributed by atoms with E-state index in [9.17, 15) is 77.6 Å². The zero-order chi connectivity index (χ0) is 65.8. The molecule has 5 rings (SSSR count). The lowest BCUT2D eigenvalue weighted by Gasteiger charge is -2.32. The summed E-state index contributed by atoms with van der Waals surface area (Å²) in [6.45, 7) is 8.17. The highest BCUT2D eigenvalue weighted by Crippen LogP contribution is 2.40. The first kappa shape index (κ1) is 70.5. The molecule has 14 N–H and O–H groups in total. The first-order valence-corrected chi connectivity index (χ1v) is 29.2. The Hall–Kier alpha value is -9.31. The van der Waals surface area contributed by atoms with Crippen molar-refractivity contribution >= 4 is 77.0 Å². The number of aliphatic hydroxyl groups excluding tert-OH is 1. The number of benzene rings is 3. The molecule has 3 aromatic carbocycles. The quantitative estimate of drug-likeness (QED) is 0.0293. The molecule has 28 heteroatoms. The fourth-order valence-electron chi connectivity index (χ4n) is 10.1. The number of methoxy groups -OCH3 is 1. The minimum absolute atomic E-state index is 0.0504. The van der Waals surface area contributed by atoms with Crippen molar-refractivity contribution in [2.45, 2.75) is 147 Å². The largest absolute Gasteiger partial charge is 0.481 e. The Labute approximate surface area is 514 Å². The van der Waals surface area contributed by atoms with Crippen molar-refractivity contribution in [3.8, 4) is 0 Å². The highest BCUT2D eigenvalue weighted by molar-refractivity contribution is 6.00. The number of hydrogen-bond donors (Lipinski definition) is 13. The zero-order valence-corrected chi connectivity index (χ0v) is 50.6. The molecule has 0 unspecified atom stereocenters. The standard InChI is InChI=1S/C61H81N11O17/c1-31(2)47(69-54(80)40(29-44(75)76)66-58(84)49(34(6)73)71-55(81)42-24-17-25-72(42)59(85)48(32(3)4)70-52(78)38(62)26-35-18-11-8-12-19-35)57(83)63-30-43(74)68-50-45(46(50)61(88)89-7)56(82)65-39(27-36-20-13-9-14-21-36)53(79)64-33(5)51(77)67-41(60(86)87)28-37-22-15-10-16-23-37/h8-16,18-23,31-34,38-42,45-50,73H,17,24-30,62H2,1-7H3,(H,63,83)(H,64,79)(H,65,82)(H,66,84)(H,67,77)(H,68,74)(H,69,80)(H,70,78)(H,71,81)(H,75,76)(H,86,87)/t33-,34+,38-,39-,40-,41-,42-,45+,46+,47-,48-,49-,50+/m0/s1. The van der Waals surface area contributed by atoms with Crippen molar-refractivity contribution in [1.82, 2.24) is 52.8 Å². The number of carbonyl (C=O) groups excluding carboxylic acids is 11. The van der Waals surface area contributed by atoms with Gasteiger partial charge in [0, 0.05) is 19.4 Å². The lowest BCUT2D eigenvalue weighted by Crippen LogP contribution is -2.62. The summed E-state index contributed by atoms with van der Waals surface area (Å²) in [4.78, 5) is 175. The maximum absolute atomic E-state index is 14.0. The van der Waals surface area contributed by atoms with Crippen molar-refractivity contribution in [1.29, 1.82) is 0 Å². The van der Waals surface area contributed by atoms with Gasteiger partial charge < -0.3 is 78.5 Å². The molecule has 89 heavy (non-hydrogen) atoms. The molecule has 13 atom stereocenters. The summed E-state index contributed by atoms with van der Waals surface area (Å²) in [5, 5.41) is 52.5. The van der Waals surface area contributed by atoms with Crippen LogP contribution in [0.2, 0.25) is 0 Å². The summed E-state index contributed by atoms with van der Waals surface area (Å²) in [6.07, 6.45) is -2.18. The van der Waals surface area contributed by atoms with Gasteiger partial charge in [-0.3, -0.25) is 57.5 Å². The molecule has 1 saturated carbocycles. The molecule has 0 bridgehead atoms. The molecule has 1 saturated heterocycles. The predicted molar refractivity (Wildman–Crippen MR) is 318 cm³/mol. The van der Waals surface area contributed by atoms with Gasteiger partial charge in [-0.2, -0.15) is 0 Å². The van der Waals surface area contributed by atoms with Crippen molar-refractivity contribution < 1.29 is 82.4 Å². The van der Waals surface area contributed by atoms with Crippen molar-refractivity contribution in [3.63, 3.8) is 0 Å². The normalized spacial score (nSPS) is 18.9. The van der Waals surface area contributed by atoms with Gasteiger partial charge in [-0.05, 0) is 61.6 Å². The van der Waals surface area contributed by atoms with Crippen molar-refractivity contribution in [2.24, 2.45) is 29.4 Å². The average Bonchev–Trinajstić information content (AvgIpc) is 1.63. The van der Waals surface area contributed by atoms with E-state index in [1.807, 2.05) is 6.07 Å². The molecule has 482 valence electrons. The monoisotopic (exact) mass is 1240 g/mol. The zero-order valence-electron chi connectivity index (χ0n) is 50.6.